The molecule has 6 heteroatoms. The molecule has 19 heavy (non-hydrogen) atoms. The predicted octanol–water partition coefficient (Wildman–Crippen LogP) is 3.84. The van der Waals surface area contributed by atoms with Crippen LogP contribution in [-0.2, 0) is 4.79 Å². The third kappa shape index (κ3) is 3.27. The molecule has 0 bridgehead atoms. The number of carbonyl (C=O) groups excluding carboxylic acids is 1. The number of nitrogens with one attached hydrogen (secondary N) is 1. The molecule has 0 saturated heterocycles. The van der Waals surface area contributed by atoms with Crippen LogP contribution in [0.15, 0.2) is 16.6 Å². The zero-order valence-corrected chi connectivity index (χ0v) is 12.7. The van der Waals surface area contributed by atoms with Gasteiger partial charge in [-0.2, -0.15) is 0 Å². The van der Waals surface area contributed by atoms with Gasteiger partial charge in [0.1, 0.15) is 5.82 Å². The van der Waals surface area contributed by atoms with Crippen molar-refractivity contribution in [3.63, 3.8) is 0 Å². The Hall–Kier alpha value is -0.650. The quantitative estimate of drug-likeness (QED) is 0.852. The van der Waals surface area contributed by atoms with Crippen LogP contribution in [0.5, 0.6) is 0 Å². The number of rotatable bonds is 2. The highest BCUT2D eigenvalue weighted by molar-refractivity contribution is 9.10. The van der Waals surface area contributed by atoms with E-state index in [-0.39, 0.29) is 10.9 Å². The lowest BCUT2D eigenvalue weighted by Gasteiger charge is -2.32. The summed E-state index contributed by atoms with van der Waals surface area (Å²) in [4.78, 5) is 12.3. The molecule has 0 radical (unpaired) electrons. The minimum absolute atomic E-state index is 0.152. The SMILES string of the molecule is NC1(C(=O)Nc2c(Cl)cc(F)cc2Br)CCCCC1. The van der Waals surface area contributed by atoms with Gasteiger partial charge >= 0.3 is 0 Å². The van der Waals surface area contributed by atoms with E-state index in [0.29, 0.717) is 23.0 Å². The molecule has 0 unspecified atom stereocenters. The van der Waals surface area contributed by atoms with E-state index in [0.717, 1.165) is 25.3 Å². The summed E-state index contributed by atoms with van der Waals surface area (Å²) in [5, 5.41) is 2.86. The molecule has 3 N–H and O–H groups in total. The Balaban J connectivity index is 2.19. The summed E-state index contributed by atoms with van der Waals surface area (Å²) >= 11 is 9.13. The first-order valence-corrected chi connectivity index (χ1v) is 7.34. The average Bonchev–Trinajstić information content (AvgIpc) is 2.34. The standard InChI is InChI=1S/C13H15BrClFN2O/c14-9-6-8(16)7-10(15)11(9)18-12(19)13(17)4-2-1-3-5-13/h6-7H,1-5,17H2,(H,18,19). The normalized spacial score (nSPS) is 18.1. The molecule has 0 atom stereocenters. The zero-order valence-electron chi connectivity index (χ0n) is 10.3. The number of hydrogen-bond acceptors (Lipinski definition) is 2. The van der Waals surface area contributed by atoms with Crippen molar-refractivity contribution < 1.29 is 9.18 Å². The van der Waals surface area contributed by atoms with Gasteiger partial charge in [-0.1, -0.05) is 30.9 Å². The summed E-state index contributed by atoms with van der Waals surface area (Å²) in [5.74, 6) is -0.726. The molecular formula is C13H15BrClFN2O. The second-order valence-corrected chi connectivity index (χ2v) is 6.18. The molecule has 2 rings (SSSR count). The molecule has 1 saturated carbocycles. The van der Waals surface area contributed by atoms with E-state index in [2.05, 4.69) is 21.2 Å². The number of benzene rings is 1. The van der Waals surface area contributed by atoms with Gasteiger partial charge in [-0.3, -0.25) is 4.79 Å². The van der Waals surface area contributed by atoms with Crippen molar-refractivity contribution in [2.45, 2.75) is 37.6 Å². The number of amides is 1. The van der Waals surface area contributed by atoms with Gasteiger partial charge in [0.25, 0.3) is 0 Å². The van der Waals surface area contributed by atoms with Gasteiger partial charge in [0.15, 0.2) is 0 Å². The van der Waals surface area contributed by atoms with Gasteiger partial charge in [0, 0.05) is 4.47 Å². The number of carbonyl (C=O) groups is 1. The Morgan fingerprint density at radius 1 is 1.37 bits per heavy atom. The number of nitrogens with two attached hydrogens (primary N) is 1. The number of halogens is 3. The van der Waals surface area contributed by atoms with Crippen LogP contribution in [-0.4, -0.2) is 11.4 Å². The first kappa shape index (κ1) is 14.8. The van der Waals surface area contributed by atoms with E-state index in [1.807, 2.05) is 0 Å². The molecule has 0 spiro atoms. The van der Waals surface area contributed by atoms with E-state index in [1.165, 1.54) is 6.07 Å². The minimum Gasteiger partial charge on any atom is -0.322 e. The zero-order chi connectivity index (χ0) is 14.0. The highest BCUT2D eigenvalue weighted by Gasteiger charge is 2.35. The Labute approximate surface area is 124 Å². The fourth-order valence-corrected chi connectivity index (χ4v) is 3.21. The molecule has 0 heterocycles. The molecular weight excluding hydrogens is 335 g/mol. The first-order chi connectivity index (χ1) is 8.92. The Bertz CT molecular complexity index is 480. The molecule has 1 aromatic rings. The highest BCUT2D eigenvalue weighted by Crippen LogP contribution is 2.34. The lowest BCUT2D eigenvalue weighted by atomic mass is 9.82. The minimum atomic E-state index is -0.852. The molecule has 3 nitrogen and oxygen atoms in total. The Morgan fingerprint density at radius 2 is 2.00 bits per heavy atom. The van der Waals surface area contributed by atoms with Crippen molar-refractivity contribution in [3.05, 3.63) is 27.4 Å². The van der Waals surface area contributed by atoms with Crippen LogP contribution in [0.2, 0.25) is 5.02 Å². The van der Waals surface area contributed by atoms with E-state index in [1.54, 1.807) is 0 Å². The lowest BCUT2D eigenvalue weighted by Crippen LogP contribution is -2.52. The van der Waals surface area contributed by atoms with Crippen LogP contribution in [0, 0.1) is 5.82 Å². The number of hydrogen-bond donors (Lipinski definition) is 2. The maximum absolute atomic E-state index is 13.1. The summed E-state index contributed by atoms with van der Waals surface area (Å²) < 4.78 is 13.5. The topological polar surface area (TPSA) is 55.1 Å². The molecule has 1 aliphatic rings. The van der Waals surface area contributed by atoms with Crippen molar-refractivity contribution >= 4 is 39.1 Å². The van der Waals surface area contributed by atoms with E-state index in [9.17, 15) is 9.18 Å². The summed E-state index contributed by atoms with van der Waals surface area (Å²) in [6.07, 6.45) is 4.32. The summed E-state index contributed by atoms with van der Waals surface area (Å²) in [7, 11) is 0. The fraction of sp³-hybridized carbons (Fsp3) is 0.462. The van der Waals surface area contributed by atoms with Crippen molar-refractivity contribution in [1.29, 1.82) is 0 Å². The predicted molar refractivity (Wildman–Crippen MR) is 77.7 cm³/mol. The highest BCUT2D eigenvalue weighted by atomic mass is 79.9. The van der Waals surface area contributed by atoms with Gasteiger partial charge < -0.3 is 11.1 Å². The van der Waals surface area contributed by atoms with Crippen LogP contribution in [0.25, 0.3) is 0 Å². The second kappa shape index (κ2) is 5.77. The van der Waals surface area contributed by atoms with Crippen LogP contribution in [0.3, 0.4) is 0 Å². The smallest absolute Gasteiger partial charge is 0.244 e. The third-order valence-electron chi connectivity index (χ3n) is 3.44. The fourth-order valence-electron chi connectivity index (χ4n) is 2.31. The second-order valence-electron chi connectivity index (χ2n) is 4.92. The Morgan fingerprint density at radius 3 is 2.58 bits per heavy atom. The maximum Gasteiger partial charge on any atom is 0.244 e. The summed E-state index contributed by atoms with van der Waals surface area (Å²) in [5.41, 5.74) is 5.65. The summed E-state index contributed by atoms with van der Waals surface area (Å²) in [6, 6.07) is 2.41. The van der Waals surface area contributed by atoms with Crippen molar-refractivity contribution in [1.82, 2.24) is 0 Å². The van der Waals surface area contributed by atoms with Gasteiger partial charge in [-0.05, 0) is 40.9 Å². The van der Waals surface area contributed by atoms with Crippen molar-refractivity contribution in [2.75, 3.05) is 5.32 Å². The first-order valence-electron chi connectivity index (χ1n) is 6.17. The van der Waals surface area contributed by atoms with Gasteiger partial charge in [0.2, 0.25) is 5.91 Å². The maximum atomic E-state index is 13.1. The van der Waals surface area contributed by atoms with E-state index in [4.69, 9.17) is 17.3 Å². The van der Waals surface area contributed by atoms with Gasteiger partial charge in [-0.25, -0.2) is 4.39 Å². The Kier molecular flexibility index (Phi) is 4.48. The monoisotopic (exact) mass is 348 g/mol. The summed E-state index contributed by atoms with van der Waals surface area (Å²) in [6.45, 7) is 0. The molecule has 1 aromatic carbocycles. The molecule has 104 valence electrons. The van der Waals surface area contributed by atoms with Crippen LogP contribution < -0.4 is 11.1 Å². The van der Waals surface area contributed by atoms with Gasteiger partial charge in [-0.15, -0.1) is 0 Å². The van der Waals surface area contributed by atoms with Crippen LogP contribution in [0.1, 0.15) is 32.1 Å². The van der Waals surface area contributed by atoms with Crippen LogP contribution in [0.4, 0.5) is 10.1 Å². The number of anilines is 1. The molecule has 0 aliphatic heterocycles. The largest absolute Gasteiger partial charge is 0.322 e. The van der Waals surface area contributed by atoms with Crippen LogP contribution >= 0.6 is 27.5 Å². The van der Waals surface area contributed by atoms with Crippen molar-refractivity contribution in [3.8, 4) is 0 Å². The molecule has 1 amide bonds. The van der Waals surface area contributed by atoms with E-state index >= 15 is 0 Å². The molecule has 0 aromatic heterocycles. The lowest BCUT2D eigenvalue weighted by molar-refractivity contribution is -0.122. The van der Waals surface area contributed by atoms with Crippen molar-refractivity contribution in [2.24, 2.45) is 5.73 Å². The molecule has 1 fully saturated rings. The average molecular weight is 350 g/mol. The van der Waals surface area contributed by atoms with Gasteiger partial charge in [0.05, 0.1) is 16.2 Å². The van der Waals surface area contributed by atoms with E-state index < -0.39 is 11.4 Å². The molecule has 1 aliphatic carbocycles. The third-order valence-corrected chi connectivity index (χ3v) is 4.37.